The molecule has 3 aromatic carbocycles. The predicted molar refractivity (Wildman–Crippen MR) is 114 cm³/mol. The van der Waals surface area contributed by atoms with Gasteiger partial charge in [-0.15, -0.1) is 0 Å². The summed E-state index contributed by atoms with van der Waals surface area (Å²) >= 11 is 0. The zero-order valence-corrected chi connectivity index (χ0v) is 16.3. The predicted octanol–water partition coefficient (Wildman–Crippen LogP) is 5.12. The number of aromatic amines is 1. The van der Waals surface area contributed by atoms with Crippen molar-refractivity contribution in [2.24, 2.45) is 4.99 Å². The summed E-state index contributed by atoms with van der Waals surface area (Å²) in [6, 6.07) is 21.3. The number of rotatable bonds is 5. The molecule has 4 aromatic rings. The second-order valence-corrected chi connectivity index (χ2v) is 6.87. The molecular formula is C24H19F2N3O. The Morgan fingerprint density at radius 2 is 1.50 bits per heavy atom. The van der Waals surface area contributed by atoms with Crippen LogP contribution in [0.5, 0.6) is 0 Å². The van der Waals surface area contributed by atoms with Crippen molar-refractivity contribution in [2.45, 2.75) is 13.5 Å². The number of aliphatic imine (C=N–C) groups is 1. The highest BCUT2D eigenvalue weighted by Gasteiger charge is 2.19. The normalized spacial score (nSPS) is 11.6. The molecule has 0 unspecified atom stereocenters. The van der Waals surface area contributed by atoms with Crippen molar-refractivity contribution in [3.63, 3.8) is 0 Å². The molecule has 0 fully saturated rings. The molecule has 0 saturated carbocycles. The number of halogens is 2. The molecular weight excluding hydrogens is 384 g/mol. The van der Waals surface area contributed by atoms with Crippen molar-refractivity contribution in [3.8, 4) is 16.9 Å². The van der Waals surface area contributed by atoms with Crippen molar-refractivity contribution in [2.75, 3.05) is 0 Å². The largest absolute Gasteiger partial charge is 0.290 e. The van der Waals surface area contributed by atoms with E-state index in [2.05, 4.69) is 10.1 Å². The molecule has 1 N–H and O–H groups in total. The summed E-state index contributed by atoms with van der Waals surface area (Å²) in [5.41, 5.74) is 3.54. The van der Waals surface area contributed by atoms with Crippen LogP contribution in [0.1, 0.15) is 18.1 Å². The van der Waals surface area contributed by atoms with Crippen molar-refractivity contribution in [3.05, 3.63) is 112 Å². The minimum absolute atomic E-state index is 0.277. The molecule has 0 atom stereocenters. The van der Waals surface area contributed by atoms with E-state index in [1.165, 1.54) is 41.1 Å². The van der Waals surface area contributed by atoms with Gasteiger partial charge in [0, 0.05) is 11.3 Å². The maximum absolute atomic E-state index is 13.3. The number of hydrogen-bond acceptors (Lipinski definition) is 2. The first kappa shape index (κ1) is 19.5. The van der Waals surface area contributed by atoms with Crippen LogP contribution < -0.4 is 5.56 Å². The molecule has 0 aliphatic carbocycles. The fourth-order valence-corrected chi connectivity index (χ4v) is 3.24. The smallest absolute Gasteiger partial charge is 0.280 e. The Hall–Kier alpha value is -3.80. The highest BCUT2D eigenvalue weighted by Crippen LogP contribution is 2.22. The maximum Gasteiger partial charge on any atom is 0.280 e. The Bertz CT molecular complexity index is 1240. The van der Waals surface area contributed by atoms with Gasteiger partial charge in [-0.1, -0.05) is 42.5 Å². The third-order valence-electron chi connectivity index (χ3n) is 4.81. The van der Waals surface area contributed by atoms with E-state index in [4.69, 9.17) is 0 Å². The summed E-state index contributed by atoms with van der Waals surface area (Å²) in [7, 11) is 0. The maximum atomic E-state index is 13.3. The first-order valence-corrected chi connectivity index (χ1v) is 9.45. The molecule has 1 aromatic heterocycles. The molecule has 0 spiro atoms. The van der Waals surface area contributed by atoms with Crippen molar-refractivity contribution < 1.29 is 8.78 Å². The number of nitrogens with zero attached hydrogens (tertiary/aromatic N) is 2. The van der Waals surface area contributed by atoms with E-state index >= 15 is 0 Å². The quantitative estimate of drug-likeness (QED) is 0.462. The number of nitrogens with one attached hydrogen (secondary N) is 1. The van der Waals surface area contributed by atoms with Crippen LogP contribution in [-0.2, 0) is 6.54 Å². The molecule has 30 heavy (non-hydrogen) atoms. The summed E-state index contributed by atoms with van der Waals surface area (Å²) in [5.74, 6) is -0.683. The zero-order chi connectivity index (χ0) is 21.1. The average molecular weight is 403 g/mol. The lowest BCUT2D eigenvalue weighted by atomic mass is 10.1. The van der Waals surface area contributed by atoms with Crippen LogP contribution in [0.25, 0.3) is 16.9 Å². The number of H-pyrrole nitrogens is 1. The molecule has 4 rings (SSSR count). The van der Waals surface area contributed by atoms with Gasteiger partial charge in [0.15, 0.2) is 0 Å². The van der Waals surface area contributed by atoms with Gasteiger partial charge in [0.1, 0.15) is 11.6 Å². The van der Waals surface area contributed by atoms with Gasteiger partial charge in [-0.2, -0.15) is 0 Å². The van der Waals surface area contributed by atoms with E-state index in [1.54, 1.807) is 19.1 Å². The van der Waals surface area contributed by atoms with Gasteiger partial charge >= 0.3 is 0 Å². The van der Waals surface area contributed by atoms with Gasteiger partial charge in [0.2, 0.25) is 0 Å². The van der Waals surface area contributed by atoms with Gasteiger partial charge < -0.3 is 0 Å². The Morgan fingerprint density at radius 1 is 0.900 bits per heavy atom. The molecule has 150 valence electrons. The first-order valence-electron chi connectivity index (χ1n) is 9.45. The molecule has 4 nitrogen and oxygen atoms in total. The number of hydrogen-bond donors (Lipinski definition) is 1. The van der Waals surface area contributed by atoms with Crippen LogP contribution >= 0.6 is 0 Å². The number of aromatic nitrogens is 2. The molecule has 6 heteroatoms. The fraction of sp³-hybridized carbons (Fsp3) is 0.0833. The minimum atomic E-state index is -0.376. The van der Waals surface area contributed by atoms with Crippen LogP contribution in [0.15, 0.2) is 88.6 Å². The third kappa shape index (κ3) is 3.98. The molecule has 0 amide bonds. The van der Waals surface area contributed by atoms with Crippen LogP contribution in [-0.4, -0.2) is 15.5 Å². The third-order valence-corrected chi connectivity index (χ3v) is 4.81. The summed E-state index contributed by atoms with van der Waals surface area (Å²) in [4.78, 5) is 17.8. The standard InChI is InChI=1S/C24H19F2N3O/c1-16(27-15-17-7-9-19(25)10-8-17)22-23(18-5-3-2-4-6-18)28-29(24(22)30)21-13-11-20(26)12-14-21/h2-14,28H,15H2,1H3. The molecule has 0 radical (unpaired) electrons. The van der Waals surface area contributed by atoms with Crippen LogP contribution in [0.3, 0.4) is 0 Å². The van der Waals surface area contributed by atoms with Gasteiger partial charge in [0.25, 0.3) is 5.56 Å². The van der Waals surface area contributed by atoms with Crippen molar-refractivity contribution in [1.82, 2.24) is 9.78 Å². The Morgan fingerprint density at radius 3 is 2.13 bits per heavy atom. The van der Waals surface area contributed by atoms with Crippen LogP contribution in [0, 0.1) is 11.6 Å². The molecule has 0 bridgehead atoms. The summed E-state index contributed by atoms with van der Waals surface area (Å²) in [6.07, 6.45) is 0. The lowest BCUT2D eigenvalue weighted by Gasteiger charge is -2.03. The van der Waals surface area contributed by atoms with Crippen molar-refractivity contribution in [1.29, 1.82) is 0 Å². The van der Waals surface area contributed by atoms with E-state index in [1.807, 2.05) is 30.3 Å². The average Bonchev–Trinajstić information content (AvgIpc) is 3.11. The van der Waals surface area contributed by atoms with E-state index in [0.717, 1.165) is 11.1 Å². The minimum Gasteiger partial charge on any atom is -0.290 e. The molecule has 0 aliphatic rings. The topological polar surface area (TPSA) is 50.1 Å². The monoisotopic (exact) mass is 403 g/mol. The van der Waals surface area contributed by atoms with E-state index < -0.39 is 0 Å². The second kappa shape index (κ2) is 8.29. The zero-order valence-electron chi connectivity index (χ0n) is 16.3. The number of benzene rings is 3. The first-order chi connectivity index (χ1) is 14.5. The van der Waals surface area contributed by atoms with Crippen LogP contribution in [0.2, 0.25) is 0 Å². The van der Waals surface area contributed by atoms with E-state index in [-0.39, 0.29) is 17.2 Å². The molecule has 1 heterocycles. The Kier molecular flexibility index (Phi) is 5.39. The van der Waals surface area contributed by atoms with Crippen molar-refractivity contribution >= 4 is 5.71 Å². The summed E-state index contributed by atoms with van der Waals surface area (Å²) < 4.78 is 27.8. The molecule has 0 aliphatic heterocycles. The Balaban J connectivity index is 1.80. The lowest BCUT2D eigenvalue weighted by molar-refractivity contribution is 0.626. The molecule has 0 saturated heterocycles. The highest BCUT2D eigenvalue weighted by atomic mass is 19.1. The van der Waals surface area contributed by atoms with E-state index in [0.29, 0.717) is 29.2 Å². The van der Waals surface area contributed by atoms with Gasteiger partial charge in [0.05, 0.1) is 23.5 Å². The van der Waals surface area contributed by atoms with Gasteiger partial charge in [-0.3, -0.25) is 14.9 Å². The second-order valence-electron chi connectivity index (χ2n) is 6.87. The lowest BCUT2D eigenvalue weighted by Crippen LogP contribution is -2.19. The summed E-state index contributed by atoms with van der Waals surface area (Å²) in [6.45, 7) is 2.09. The Labute approximate surface area is 172 Å². The van der Waals surface area contributed by atoms with E-state index in [9.17, 15) is 13.6 Å². The highest BCUT2D eigenvalue weighted by molar-refractivity contribution is 6.03. The van der Waals surface area contributed by atoms with Gasteiger partial charge in [-0.25, -0.2) is 13.5 Å². The fourth-order valence-electron chi connectivity index (χ4n) is 3.24. The van der Waals surface area contributed by atoms with Gasteiger partial charge in [-0.05, 0) is 48.9 Å². The summed E-state index contributed by atoms with van der Waals surface area (Å²) in [5, 5.41) is 3.14. The van der Waals surface area contributed by atoms with Crippen LogP contribution in [0.4, 0.5) is 8.78 Å². The SMILES string of the molecule is CC(=NCc1ccc(F)cc1)c1c(-c2ccccc2)[nH]n(-c2ccc(F)cc2)c1=O.